The van der Waals surface area contributed by atoms with E-state index in [1.807, 2.05) is 6.92 Å². The van der Waals surface area contributed by atoms with Crippen molar-refractivity contribution in [2.24, 2.45) is 0 Å². The van der Waals surface area contributed by atoms with Gasteiger partial charge in [0.1, 0.15) is 5.82 Å². The molecule has 2 N–H and O–H groups in total. The van der Waals surface area contributed by atoms with Gasteiger partial charge in [0.25, 0.3) is 0 Å². The molecule has 88 valence electrons. The van der Waals surface area contributed by atoms with Gasteiger partial charge < -0.3 is 10.4 Å². The number of aromatic nitrogens is 2. The number of halogens is 2. The SMILES string of the molecule is C[C@]1(O)CCCC1Nc1nc(Cl)ncc1Br. The molecule has 0 bridgehead atoms. The summed E-state index contributed by atoms with van der Waals surface area (Å²) in [6.45, 7) is 1.84. The van der Waals surface area contributed by atoms with E-state index in [-0.39, 0.29) is 11.3 Å². The Bertz CT molecular complexity index is 400. The van der Waals surface area contributed by atoms with Crippen LogP contribution in [0.5, 0.6) is 0 Å². The highest BCUT2D eigenvalue weighted by atomic mass is 79.9. The molecule has 6 heteroatoms. The molecule has 2 atom stereocenters. The van der Waals surface area contributed by atoms with Crippen molar-refractivity contribution in [1.82, 2.24) is 9.97 Å². The van der Waals surface area contributed by atoms with E-state index in [0.29, 0.717) is 5.82 Å². The number of hydrogen-bond donors (Lipinski definition) is 2. The van der Waals surface area contributed by atoms with E-state index < -0.39 is 5.60 Å². The zero-order valence-electron chi connectivity index (χ0n) is 8.87. The minimum Gasteiger partial charge on any atom is -0.388 e. The first-order chi connectivity index (χ1) is 7.49. The van der Waals surface area contributed by atoms with E-state index in [2.05, 4.69) is 31.2 Å². The fourth-order valence-electron chi connectivity index (χ4n) is 1.99. The second-order valence-electron chi connectivity index (χ2n) is 4.28. The molecule has 1 aromatic rings. The van der Waals surface area contributed by atoms with E-state index in [1.54, 1.807) is 6.20 Å². The molecule has 1 fully saturated rings. The minimum atomic E-state index is -0.684. The monoisotopic (exact) mass is 305 g/mol. The summed E-state index contributed by atoms with van der Waals surface area (Å²) in [4.78, 5) is 7.94. The average Bonchev–Trinajstić information content (AvgIpc) is 2.52. The molecule has 0 aliphatic heterocycles. The molecule has 1 aliphatic rings. The lowest BCUT2D eigenvalue weighted by Gasteiger charge is -2.27. The summed E-state index contributed by atoms with van der Waals surface area (Å²) < 4.78 is 0.750. The molecular formula is C10H13BrClN3O. The van der Waals surface area contributed by atoms with E-state index in [0.717, 1.165) is 23.7 Å². The van der Waals surface area contributed by atoms with Gasteiger partial charge in [-0.1, -0.05) is 0 Å². The Morgan fingerprint density at radius 2 is 2.44 bits per heavy atom. The first-order valence-corrected chi connectivity index (χ1v) is 6.33. The molecule has 1 saturated carbocycles. The maximum absolute atomic E-state index is 10.1. The van der Waals surface area contributed by atoms with Crippen LogP contribution in [-0.4, -0.2) is 26.7 Å². The van der Waals surface area contributed by atoms with Gasteiger partial charge in [-0.05, 0) is 53.7 Å². The summed E-state index contributed by atoms with van der Waals surface area (Å²) >= 11 is 9.08. The number of nitrogens with one attached hydrogen (secondary N) is 1. The van der Waals surface area contributed by atoms with Gasteiger partial charge in [-0.2, -0.15) is 4.98 Å². The Labute approximate surface area is 108 Å². The van der Waals surface area contributed by atoms with Crippen molar-refractivity contribution in [3.8, 4) is 0 Å². The molecule has 16 heavy (non-hydrogen) atoms. The first kappa shape index (κ1) is 12.1. The van der Waals surface area contributed by atoms with Gasteiger partial charge in [-0.15, -0.1) is 0 Å². The largest absolute Gasteiger partial charge is 0.388 e. The fraction of sp³-hybridized carbons (Fsp3) is 0.600. The van der Waals surface area contributed by atoms with E-state index >= 15 is 0 Å². The molecule has 1 aliphatic carbocycles. The van der Waals surface area contributed by atoms with Crippen LogP contribution in [0.25, 0.3) is 0 Å². The molecule has 4 nitrogen and oxygen atoms in total. The van der Waals surface area contributed by atoms with Gasteiger partial charge in [-0.3, -0.25) is 0 Å². The van der Waals surface area contributed by atoms with Gasteiger partial charge in [-0.25, -0.2) is 4.98 Å². The highest BCUT2D eigenvalue weighted by Gasteiger charge is 2.37. The maximum atomic E-state index is 10.1. The van der Waals surface area contributed by atoms with Crippen molar-refractivity contribution in [2.45, 2.75) is 37.8 Å². The summed E-state index contributed by atoms with van der Waals surface area (Å²) in [5.74, 6) is 0.632. The first-order valence-electron chi connectivity index (χ1n) is 5.16. The van der Waals surface area contributed by atoms with Gasteiger partial charge in [0.15, 0.2) is 0 Å². The van der Waals surface area contributed by atoms with Gasteiger partial charge in [0, 0.05) is 6.20 Å². The molecule has 0 radical (unpaired) electrons. The van der Waals surface area contributed by atoms with Gasteiger partial charge in [0.05, 0.1) is 16.1 Å². The van der Waals surface area contributed by atoms with E-state index in [1.165, 1.54) is 0 Å². The standard InChI is InChI=1S/C10H13BrClN3O/c1-10(16)4-2-3-7(10)14-8-6(11)5-13-9(12)15-8/h5,7,16H,2-4H2,1H3,(H,13,14,15)/t7?,10-/m0/s1. The normalized spacial score (nSPS) is 29.4. The molecular weight excluding hydrogens is 293 g/mol. The Balaban J connectivity index is 2.17. The lowest BCUT2D eigenvalue weighted by atomic mass is 10.0. The molecule has 1 heterocycles. The van der Waals surface area contributed by atoms with Crippen LogP contribution in [0.1, 0.15) is 26.2 Å². The molecule has 1 aromatic heterocycles. The summed E-state index contributed by atoms with van der Waals surface area (Å²) in [6.07, 6.45) is 4.35. The third-order valence-electron chi connectivity index (χ3n) is 2.95. The fourth-order valence-corrected chi connectivity index (χ4v) is 2.43. The maximum Gasteiger partial charge on any atom is 0.224 e. The van der Waals surface area contributed by atoms with Crippen LogP contribution >= 0.6 is 27.5 Å². The van der Waals surface area contributed by atoms with Crippen LogP contribution in [0.2, 0.25) is 5.28 Å². The zero-order chi connectivity index (χ0) is 11.8. The van der Waals surface area contributed by atoms with Crippen LogP contribution in [0.4, 0.5) is 5.82 Å². The van der Waals surface area contributed by atoms with Crippen molar-refractivity contribution < 1.29 is 5.11 Å². The van der Waals surface area contributed by atoms with Crippen LogP contribution in [0, 0.1) is 0 Å². The number of hydrogen-bond acceptors (Lipinski definition) is 4. The Morgan fingerprint density at radius 3 is 3.06 bits per heavy atom. The topological polar surface area (TPSA) is 58.0 Å². The molecule has 0 amide bonds. The highest BCUT2D eigenvalue weighted by Crippen LogP contribution is 2.33. The predicted octanol–water partition coefficient (Wildman–Crippen LogP) is 2.61. The second-order valence-corrected chi connectivity index (χ2v) is 5.47. The minimum absolute atomic E-state index is 0.00904. The van der Waals surface area contributed by atoms with Gasteiger partial charge in [0.2, 0.25) is 5.28 Å². The van der Waals surface area contributed by atoms with Crippen molar-refractivity contribution in [2.75, 3.05) is 5.32 Å². The summed E-state index contributed by atoms with van der Waals surface area (Å²) in [6, 6.07) is 0.00904. The molecule has 0 aromatic carbocycles. The Hall–Kier alpha value is -0.390. The molecule has 2 rings (SSSR count). The van der Waals surface area contributed by atoms with Crippen molar-refractivity contribution in [1.29, 1.82) is 0 Å². The summed E-state index contributed by atoms with van der Waals surface area (Å²) in [7, 11) is 0. The molecule has 0 saturated heterocycles. The highest BCUT2D eigenvalue weighted by molar-refractivity contribution is 9.10. The Kier molecular flexibility index (Phi) is 3.37. The average molecular weight is 307 g/mol. The predicted molar refractivity (Wildman–Crippen MR) is 66.6 cm³/mol. The van der Waals surface area contributed by atoms with Gasteiger partial charge >= 0.3 is 0 Å². The summed E-state index contributed by atoms with van der Waals surface area (Å²) in [5, 5.41) is 13.5. The van der Waals surface area contributed by atoms with Crippen LogP contribution in [-0.2, 0) is 0 Å². The quantitative estimate of drug-likeness (QED) is 0.825. The Morgan fingerprint density at radius 1 is 1.69 bits per heavy atom. The van der Waals surface area contributed by atoms with Crippen molar-refractivity contribution in [3.63, 3.8) is 0 Å². The van der Waals surface area contributed by atoms with Crippen LogP contribution in [0.15, 0.2) is 10.7 Å². The van der Waals surface area contributed by atoms with Crippen molar-refractivity contribution >= 4 is 33.3 Å². The van der Waals surface area contributed by atoms with Crippen molar-refractivity contribution in [3.05, 3.63) is 16.0 Å². The summed E-state index contributed by atoms with van der Waals surface area (Å²) in [5.41, 5.74) is -0.684. The number of aliphatic hydroxyl groups is 1. The number of anilines is 1. The number of nitrogens with zero attached hydrogens (tertiary/aromatic N) is 2. The second kappa shape index (κ2) is 4.47. The third kappa shape index (κ3) is 2.47. The smallest absolute Gasteiger partial charge is 0.224 e. The number of rotatable bonds is 2. The van der Waals surface area contributed by atoms with E-state index in [9.17, 15) is 5.11 Å². The third-order valence-corrected chi connectivity index (χ3v) is 3.71. The van der Waals surface area contributed by atoms with Crippen LogP contribution < -0.4 is 5.32 Å². The van der Waals surface area contributed by atoms with E-state index in [4.69, 9.17) is 11.6 Å². The lowest BCUT2D eigenvalue weighted by Crippen LogP contribution is -2.39. The molecule has 1 unspecified atom stereocenters. The lowest BCUT2D eigenvalue weighted by molar-refractivity contribution is 0.0577. The van der Waals surface area contributed by atoms with Crippen LogP contribution in [0.3, 0.4) is 0 Å². The zero-order valence-corrected chi connectivity index (χ0v) is 11.2. The molecule has 0 spiro atoms.